The topological polar surface area (TPSA) is 55.8 Å². The van der Waals surface area contributed by atoms with E-state index in [0.717, 1.165) is 6.42 Å². The predicted octanol–water partition coefficient (Wildman–Crippen LogP) is 3.56. The number of esters is 1. The molecule has 27 heavy (non-hydrogen) atoms. The van der Waals surface area contributed by atoms with Crippen LogP contribution in [-0.2, 0) is 9.53 Å². The van der Waals surface area contributed by atoms with Gasteiger partial charge in [0.05, 0.1) is 6.61 Å². The Morgan fingerprint density at radius 3 is 2.48 bits per heavy atom. The van der Waals surface area contributed by atoms with Crippen LogP contribution in [0.4, 0.5) is 0 Å². The van der Waals surface area contributed by atoms with Gasteiger partial charge in [0.15, 0.2) is 6.61 Å². The van der Waals surface area contributed by atoms with Gasteiger partial charge in [-0.25, -0.2) is 4.79 Å². The van der Waals surface area contributed by atoms with Crippen molar-refractivity contribution in [2.75, 3.05) is 26.3 Å². The van der Waals surface area contributed by atoms with Crippen molar-refractivity contribution in [2.45, 2.75) is 13.3 Å². The van der Waals surface area contributed by atoms with Crippen molar-refractivity contribution >= 4 is 17.4 Å². The molecule has 0 atom stereocenters. The monoisotopic (exact) mass is 365 g/mol. The van der Waals surface area contributed by atoms with Gasteiger partial charge in [0, 0.05) is 13.1 Å². The van der Waals surface area contributed by atoms with Crippen molar-refractivity contribution in [2.24, 2.45) is 0 Å². The third-order valence-corrected chi connectivity index (χ3v) is 4.44. The molecule has 1 aliphatic rings. The van der Waals surface area contributed by atoms with Gasteiger partial charge in [-0.2, -0.15) is 0 Å². The van der Waals surface area contributed by atoms with Crippen molar-refractivity contribution in [3.05, 3.63) is 71.8 Å². The van der Waals surface area contributed by atoms with Crippen LogP contribution in [0.5, 0.6) is 5.75 Å². The van der Waals surface area contributed by atoms with E-state index in [1.54, 1.807) is 29.2 Å². The van der Waals surface area contributed by atoms with Crippen LogP contribution in [0, 0.1) is 0 Å². The number of hydrogen-bond acceptors (Lipinski definition) is 4. The molecule has 0 N–H and O–H groups in total. The summed E-state index contributed by atoms with van der Waals surface area (Å²) < 4.78 is 10.6. The molecule has 0 fully saturated rings. The Bertz CT molecular complexity index is 829. The zero-order chi connectivity index (χ0) is 19.1. The zero-order valence-corrected chi connectivity index (χ0v) is 15.4. The van der Waals surface area contributed by atoms with E-state index in [0.29, 0.717) is 31.0 Å². The molecule has 5 heteroatoms. The molecule has 0 unspecified atom stereocenters. The number of ether oxygens (including phenoxy) is 2. The van der Waals surface area contributed by atoms with E-state index >= 15 is 0 Å². The summed E-state index contributed by atoms with van der Waals surface area (Å²) in [5.41, 5.74) is 2.75. The molecule has 0 saturated carbocycles. The van der Waals surface area contributed by atoms with Crippen LogP contribution >= 0.6 is 0 Å². The Morgan fingerprint density at radius 1 is 1.04 bits per heavy atom. The molecule has 1 amide bonds. The first-order valence-corrected chi connectivity index (χ1v) is 9.10. The minimum atomic E-state index is -0.551. The highest BCUT2D eigenvalue weighted by atomic mass is 16.5. The second-order valence-electron chi connectivity index (χ2n) is 6.19. The van der Waals surface area contributed by atoms with Gasteiger partial charge in [0.25, 0.3) is 5.91 Å². The summed E-state index contributed by atoms with van der Waals surface area (Å²) >= 11 is 0. The van der Waals surface area contributed by atoms with Crippen molar-refractivity contribution in [1.82, 2.24) is 4.90 Å². The molecule has 2 aromatic rings. The number of rotatable bonds is 6. The predicted molar refractivity (Wildman–Crippen MR) is 104 cm³/mol. The highest BCUT2D eigenvalue weighted by molar-refractivity contribution is 5.94. The summed E-state index contributed by atoms with van der Waals surface area (Å²) in [4.78, 5) is 26.4. The highest BCUT2D eigenvalue weighted by Gasteiger charge is 2.20. The number of para-hydroxylation sites is 1. The summed E-state index contributed by atoms with van der Waals surface area (Å²) in [6.07, 6.45) is 2.85. The minimum Gasteiger partial charge on any atom is -0.493 e. The highest BCUT2D eigenvalue weighted by Crippen LogP contribution is 2.22. The van der Waals surface area contributed by atoms with Gasteiger partial charge in [-0.15, -0.1) is 0 Å². The molecular formula is C22H23NO4. The molecule has 5 nitrogen and oxygen atoms in total. The smallest absolute Gasteiger partial charge is 0.342 e. The molecule has 0 saturated heterocycles. The standard InChI is InChI=1S/C22H23NO4/c1-2-26-20-11-7-6-10-19(20)22(25)27-16-21(24)23-14-12-18(13-15-23)17-8-4-3-5-9-17/h3-12H,2,13-16H2,1H3. The van der Waals surface area contributed by atoms with E-state index in [-0.39, 0.29) is 12.5 Å². The number of carbonyl (C=O) groups is 2. The second-order valence-corrected chi connectivity index (χ2v) is 6.19. The van der Waals surface area contributed by atoms with E-state index in [4.69, 9.17) is 9.47 Å². The van der Waals surface area contributed by atoms with E-state index in [1.165, 1.54) is 11.1 Å². The molecule has 1 aliphatic heterocycles. The maximum Gasteiger partial charge on any atom is 0.342 e. The molecule has 0 radical (unpaired) electrons. The maximum absolute atomic E-state index is 12.4. The maximum atomic E-state index is 12.4. The third-order valence-electron chi connectivity index (χ3n) is 4.44. The first-order chi connectivity index (χ1) is 13.2. The average Bonchev–Trinajstić information content (AvgIpc) is 2.73. The van der Waals surface area contributed by atoms with Gasteiger partial charge in [-0.3, -0.25) is 4.79 Å². The lowest BCUT2D eigenvalue weighted by molar-refractivity contribution is -0.134. The lowest BCUT2D eigenvalue weighted by Crippen LogP contribution is -2.37. The Balaban J connectivity index is 1.55. The van der Waals surface area contributed by atoms with E-state index in [9.17, 15) is 9.59 Å². The van der Waals surface area contributed by atoms with Gasteiger partial charge in [-0.1, -0.05) is 48.5 Å². The van der Waals surface area contributed by atoms with Gasteiger partial charge in [0.2, 0.25) is 0 Å². The Morgan fingerprint density at radius 2 is 1.78 bits per heavy atom. The van der Waals surface area contributed by atoms with Gasteiger partial charge in [-0.05, 0) is 36.6 Å². The van der Waals surface area contributed by atoms with E-state index in [2.05, 4.69) is 18.2 Å². The van der Waals surface area contributed by atoms with Crippen LogP contribution in [0.3, 0.4) is 0 Å². The van der Waals surface area contributed by atoms with Gasteiger partial charge >= 0.3 is 5.97 Å². The summed E-state index contributed by atoms with van der Waals surface area (Å²) in [6.45, 7) is 3.17. The largest absolute Gasteiger partial charge is 0.493 e. The van der Waals surface area contributed by atoms with E-state index < -0.39 is 5.97 Å². The van der Waals surface area contributed by atoms with Gasteiger partial charge < -0.3 is 14.4 Å². The molecule has 3 rings (SSSR count). The van der Waals surface area contributed by atoms with Crippen molar-refractivity contribution in [3.8, 4) is 5.75 Å². The minimum absolute atomic E-state index is 0.194. The quantitative estimate of drug-likeness (QED) is 0.735. The average molecular weight is 365 g/mol. The normalized spacial score (nSPS) is 13.7. The Kier molecular flexibility index (Phi) is 6.26. The van der Waals surface area contributed by atoms with Crippen molar-refractivity contribution in [3.63, 3.8) is 0 Å². The van der Waals surface area contributed by atoms with Crippen molar-refractivity contribution < 1.29 is 19.1 Å². The van der Waals surface area contributed by atoms with Gasteiger partial charge in [0.1, 0.15) is 11.3 Å². The molecule has 0 bridgehead atoms. The summed E-state index contributed by atoms with van der Waals surface area (Å²) in [5, 5.41) is 0. The Hall–Kier alpha value is -3.08. The number of hydrogen-bond donors (Lipinski definition) is 0. The lowest BCUT2D eigenvalue weighted by Gasteiger charge is -2.26. The van der Waals surface area contributed by atoms with Crippen LogP contribution in [-0.4, -0.2) is 43.1 Å². The number of nitrogens with zero attached hydrogens (tertiary/aromatic N) is 1. The first kappa shape index (κ1) is 18.7. The summed E-state index contributed by atoms with van der Waals surface area (Å²) in [6, 6.07) is 17.0. The third kappa shape index (κ3) is 4.76. The fourth-order valence-electron chi connectivity index (χ4n) is 3.02. The zero-order valence-electron chi connectivity index (χ0n) is 15.4. The molecule has 0 spiro atoms. The number of carbonyl (C=O) groups excluding carboxylic acids is 2. The van der Waals surface area contributed by atoms with Crippen LogP contribution in [0.2, 0.25) is 0 Å². The second kappa shape index (κ2) is 9.03. The van der Waals surface area contributed by atoms with E-state index in [1.807, 2.05) is 25.1 Å². The molecule has 0 aromatic heterocycles. The fraction of sp³-hybridized carbons (Fsp3) is 0.273. The SMILES string of the molecule is CCOc1ccccc1C(=O)OCC(=O)N1CC=C(c2ccccc2)CC1. The van der Waals surface area contributed by atoms with Crippen LogP contribution in [0.1, 0.15) is 29.3 Å². The number of benzene rings is 2. The summed E-state index contributed by atoms with van der Waals surface area (Å²) in [7, 11) is 0. The molecule has 2 aromatic carbocycles. The molecule has 1 heterocycles. The van der Waals surface area contributed by atoms with Crippen LogP contribution in [0.25, 0.3) is 5.57 Å². The lowest BCUT2D eigenvalue weighted by atomic mass is 10.00. The molecule has 140 valence electrons. The molecular weight excluding hydrogens is 342 g/mol. The summed E-state index contributed by atoms with van der Waals surface area (Å²) in [5.74, 6) is -0.281. The van der Waals surface area contributed by atoms with Crippen LogP contribution in [0.15, 0.2) is 60.7 Å². The fourth-order valence-corrected chi connectivity index (χ4v) is 3.02. The number of amides is 1. The van der Waals surface area contributed by atoms with Crippen LogP contribution < -0.4 is 4.74 Å². The Labute approximate surface area is 159 Å². The first-order valence-electron chi connectivity index (χ1n) is 9.10. The molecule has 0 aliphatic carbocycles. The van der Waals surface area contributed by atoms with Crippen molar-refractivity contribution in [1.29, 1.82) is 0 Å².